The zero-order valence-corrected chi connectivity index (χ0v) is 10.0. The Morgan fingerprint density at radius 2 is 2.29 bits per heavy atom. The number of ketones is 1. The third-order valence-electron chi connectivity index (χ3n) is 3.08. The maximum absolute atomic E-state index is 13.2. The number of carbonyl (C=O) groups is 1. The second kappa shape index (κ2) is 5.41. The van der Waals surface area contributed by atoms with E-state index in [1.54, 1.807) is 13.0 Å². The zero-order valence-electron chi connectivity index (χ0n) is 10.0. The lowest BCUT2D eigenvalue weighted by atomic mass is 10.0. The molecule has 3 heteroatoms. The molecule has 1 unspecified atom stereocenters. The highest BCUT2D eigenvalue weighted by molar-refractivity contribution is 5.96. The van der Waals surface area contributed by atoms with Gasteiger partial charge in [0.15, 0.2) is 5.78 Å². The van der Waals surface area contributed by atoms with Crippen molar-refractivity contribution in [2.24, 2.45) is 0 Å². The van der Waals surface area contributed by atoms with E-state index in [1.165, 1.54) is 12.1 Å². The highest BCUT2D eigenvalue weighted by Crippen LogP contribution is 2.19. The number of halogens is 1. The van der Waals surface area contributed by atoms with Crippen LogP contribution in [0.2, 0.25) is 0 Å². The number of Topliss-reactive ketones (excluding diaryl/α,β-unsaturated/α-hetero) is 1. The highest BCUT2D eigenvalue weighted by atomic mass is 19.1. The van der Waals surface area contributed by atoms with Crippen molar-refractivity contribution in [3.63, 3.8) is 0 Å². The van der Waals surface area contributed by atoms with Crippen LogP contribution in [0.15, 0.2) is 18.2 Å². The summed E-state index contributed by atoms with van der Waals surface area (Å²) in [4.78, 5) is 11.9. The predicted molar refractivity (Wildman–Crippen MR) is 63.7 cm³/mol. The minimum absolute atomic E-state index is 0.00287. The Kier molecular flexibility index (Phi) is 3.89. The molecule has 1 aliphatic rings. The molecule has 17 heavy (non-hydrogen) atoms. The Morgan fingerprint density at radius 1 is 1.47 bits per heavy atom. The summed E-state index contributed by atoms with van der Waals surface area (Å²) in [6.45, 7) is 2.60. The number of aryl methyl sites for hydroxylation is 1. The first-order valence-electron chi connectivity index (χ1n) is 6.07. The fraction of sp³-hybridized carbons (Fsp3) is 0.500. The summed E-state index contributed by atoms with van der Waals surface area (Å²) in [5.41, 5.74) is 1.26. The van der Waals surface area contributed by atoms with Gasteiger partial charge in [-0.3, -0.25) is 4.79 Å². The van der Waals surface area contributed by atoms with Crippen LogP contribution in [0.5, 0.6) is 0 Å². The molecular weight excluding hydrogens is 219 g/mol. The average molecular weight is 236 g/mol. The first kappa shape index (κ1) is 12.2. The van der Waals surface area contributed by atoms with Crippen molar-refractivity contribution < 1.29 is 13.9 Å². The van der Waals surface area contributed by atoms with Crippen LogP contribution in [-0.2, 0) is 4.74 Å². The fourth-order valence-corrected chi connectivity index (χ4v) is 2.21. The second-order valence-electron chi connectivity index (χ2n) is 4.61. The molecule has 1 aromatic carbocycles. The van der Waals surface area contributed by atoms with Crippen molar-refractivity contribution in [1.29, 1.82) is 0 Å². The van der Waals surface area contributed by atoms with Gasteiger partial charge in [-0.25, -0.2) is 4.39 Å². The van der Waals surface area contributed by atoms with Gasteiger partial charge in [0.1, 0.15) is 5.82 Å². The van der Waals surface area contributed by atoms with Gasteiger partial charge in [-0.2, -0.15) is 0 Å². The smallest absolute Gasteiger partial charge is 0.163 e. The van der Waals surface area contributed by atoms with Crippen LogP contribution in [0.4, 0.5) is 4.39 Å². The molecule has 1 aliphatic heterocycles. The Labute approximate surface area is 101 Å². The molecule has 1 heterocycles. The van der Waals surface area contributed by atoms with E-state index < -0.39 is 0 Å². The molecule has 0 saturated carbocycles. The topological polar surface area (TPSA) is 26.3 Å². The second-order valence-corrected chi connectivity index (χ2v) is 4.61. The van der Waals surface area contributed by atoms with Crippen molar-refractivity contribution in [3.8, 4) is 0 Å². The maximum atomic E-state index is 13.2. The maximum Gasteiger partial charge on any atom is 0.163 e. The van der Waals surface area contributed by atoms with Crippen molar-refractivity contribution in [1.82, 2.24) is 0 Å². The summed E-state index contributed by atoms with van der Waals surface area (Å²) in [5.74, 6) is -0.339. The Morgan fingerprint density at radius 3 is 2.94 bits per heavy atom. The number of carbonyl (C=O) groups excluding carboxylic acids is 1. The molecule has 92 valence electrons. The van der Waals surface area contributed by atoms with E-state index in [9.17, 15) is 9.18 Å². The first-order chi connectivity index (χ1) is 8.15. The minimum Gasteiger partial charge on any atom is -0.378 e. The molecule has 1 aromatic rings. The minimum atomic E-state index is -0.342. The molecule has 0 aromatic heterocycles. The van der Waals surface area contributed by atoms with Gasteiger partial charge in [0.25, 0.3) is 0 Å². The molecule has 2 rings (SSSR count). The van der Waals surface area contributed by atoms with Gasteiger partial charge in [0.05, 0.1) is 6.10 Å². The first-order valence-corrected chi connectivity index (χ1v) is 6.07. The molecule has 0 N–H and O–H groups in total. The number of rotatable bonds is 4. The molecule has 0 aliphatic carbocycles. The summed E-state index contributed by atoms with van der Waals surface area (Å²) in [5, 5.41) is 0. The van der Waals surface area contributed by atoms with E-state index in [0.29, 0.717) is 12.0 Å². The van der Waals surface area contributed by atoms with Crippen molar-refractivity contribution >= 4 is 5.78 Å². The number of benzene rings is 1. The molecule has 2 nitrogen and oxygen atoms in total. The van der Waals surface area contributed by atoms with Crippen LogP contribution >= 0.6 is 0 Å². The van der Waals surface area contributed by atoms with Crippen LogP contribution < -0.4 is 0 Å². The summed E-state index contributed by atoms with van der Waals surface area (Å²) in [6, 6.07) is 4.47. The lowest BCUT2D eigenvalue weighted by Crippen LogP contribution is -2.09. The van der Waals surface area contributed by atoms with Crippen molar-refractivity contribution in [2.45, 2.75) is 38.7 Å². The van der Waals surface area contributed by atoms with Crippen LogP contribution in [0.3, 0.4) is 0 Å². The lowest BCUT2D eigenvalue weighted by molar-refractivity contribution is 0.0859. The molecule has 0 amide bonds. The van der Waals surface area contributed by atoms with Gasteiger partial charge in [-0.15, -0.1) is 0 Å². The van der Waals surface area contributed by atoms with Crippen molar-refractivity contribution in [2.75, 3.05) is 6.61 Å². The summed E-state index contributed by atoms with van der Waals surface area (Å²) >= 11 is 0. The summed E-state index contributed by atoms with van der Waals surface area (Å²) in [6.07, 6.45) is 3.52. The van der Waals surface area contributed by atoms with Gasteiger partial charge in [-0.1, -0.05) is 0 Å². The third kappa shape index (κ3) is 3.37. The van der Waals surface area contributed by atoms with Gasteiger partial charge >= 0.3 is 0 Å². The van der Waals surface area contributed by atoms with Gasteiger partial charge in [0, 0.05) is 18.6 Å². The molecule has 0 bridgehead atoms. The Hall–Kier alpha value is -1.22. The summed E-state index contributed by atoms with van der Waals surface area (Å²) < 4.78 is 18.6. The van der Waals surface area contributed by atoms with Gasteiger partial charge < -0.3 is 4.74 Å². The fourth-order valence-electron chi connectivity index (χ4n) is 2.21. The van der Waals surface area contributed by atoms with E-state index in [1.807, 2.05) is 0 Å². The van der Waals surface area contributed by atoms with Crippen LogP contribution in [0, 0.1) is 12.7 Å². The number of hydrogen-bond donors (Lipinski definition) is 0. The van der Waals surface area contributed by atoms with Crippen molar-refractivity contribution in [3.05, 3.63) is 35.1 Å². The largest absolute Gasteiger partial charge is 0.378 e. The third-order valence-corrected chi connectivity index (χ3v) is 3.08. The van der Waals surface area contributed by atoms with Gasteiger partial charge in [-0.05, 0) is 49.9 Å². The zero-order chi connectivity index (χ0) is 12.3. The van der Waals surface area contributed by atoms with E-state index >= 15 is 0 Å². The van der Waals surface area contributed by atoms with E-state index in [4.69, 9.17) is 4.74 Å². The summed E-state index contributed by atoms with van der Waals surface area (Å²) in [7, 11) is 0. The number of ether oxygens (including phenoxy) is 1. The highest BCUT2D eigenvalue weighted by Gasteiger charge is 2.17. The van der Waals surface area contributed by atoms with E-state index in [-0.39, 0.29) is 17.7 Å². The molecule has 0 spiro atoms. The average Bonchev–Trinajstić information content (AvgIpc) is 2.77. The Bertz CT molecular complexity index is 388. The number of hydrogen-bond acceptors (Lipinski definition) is 2. The monoisotopic (exact) mass is 236 g/mol. The Balaban J connectivity index is 1.94. The van der Waals surface area contributed by atoms with Crippen LogP contribution in [0.1, 0.15) is 41.6 Å². The lowest BCUT2D eigenvalue weighted by Gasteiger charge is -2.08. The van der Waals surface area contributed by atoms with Gasteiger partial charge in [0.2, 0.25) is 0 Å². The quantitative estimate of drug-likeness (QED) is 0.750. The molecule has 1 saturated heterocycles. The van der Waals surface area contributed by atoms with E-state index in [2.05, 4.69) is 0 Å². The SMILES string of the molecule is Cc1cc(F)cc(C(=O)CCC2CCCO2)c1. The van der Waals surface area contributed by atoms with Crippen LogP contribution in [-0.4, -0.2) is 18.5 Å². The normalized spacial score (nSPS) is 19.5. The standard InChI is InChI=1S/C14H17FO2/c1-10-7-11(9-12(15)8-10)14(16)5-4-13-3-2-6-17-13/h7-9,13H,2-6H2,1H3. The molecular formula is C14H17FO2. The van der Waals surface area contributed by atoms with Crippen LogP contribution in [0.25, 0.3) is 0 Å². The molecule has 0 radical (unpaired) electrons. The molecule has 1 fully saturated rings. The molecule has 1 atom stereocenters. The predicted octanol–water partition coefficient (Wildman–Crippen LogP) is 3.28. The van der Waals surface area contributed by atoms with E-state index in [0.717, 1.165) is 31.4 Å².